The molecule has 4 aliphatic rings. The normalized spacial score (nSPS) is 15.6. The summed E-state index contributed by atoms with van der Waals surface area (Å²) in [5, 5.41) is 14.0. The van der Waals surface area contributed by atoms with E-state index >= 15 is 0 Å². The highest BCUT2D eigenvalue weighted by atomic mass is 32.2. The highest BCUT2D eigenvalue weighted by Crippen LogP contribution is 2.65. The molecule has 1 unspecified atom stereocenters. The van der Waals surface area contributed by atoms with Crippen LogP contribution in [0.15, 0.2) is 176 Å². The van der Waals surface area contributed by atoms with Crippen molar-refractivity contribution in [3.8, 4) is 57.1 Å². The maximum absolute atomic E-state index is 10.5. The molecule has 3 heterocycles. The zero-order valence-electron chi connectivity index (χ0n) is 37.8. The number of rotatable bonds is 5. The molecule has 9 aromatic rings. The average molecular weight is 931 g/mol. The molecule has 0 radical (unpaired) electrons. The Hall–Kier alpha value is -7.46. The molecule has 0 saturated carbocycles. The zero-order chi connectivity index (χ0) is 46.7. The summed E-state index contributed by atoms with van der Waals surface area (Å²) in [5.74, 6) is 4.91. The van der Waals surface area contributed by atoms with Gasteiger partial charge in [-0.3, -0.25) is 0 Å². The van der Waals surface area contributed by atoms with Gasteiger partial charge in [-0.2, -0.15) is 0 Å². The summed E-state index contributed by atoms with van der Waals surface area (Å²) in [5.41, 5.74) is 8.61. The number of thiol groups is 1. The minimum Gasteiger partial charge on any atom is -0.508 e. The Morgan fingerprint density at radius 1 is 0.529 bits per heavy atom. The number of phenolic OH excluding ortho intramolecular Hbond substituents is 1. The second-order valence-electron chi connectivity index (χ2n) is 16.8. The number of phenols is 1. The standard InChI is InChI=1S/C54H32O7S2.C3H8.C2H6/c1-30-33-10-2-7-17-42(33)54(58-30)43-24-20-31(55)28-49(43)56-50-29-32(21-25-44(50)54)60-63-61-48-19-9-14-39-37(48)23-27-46-52(39)57-51-38-13-8-18-47(59-62)36(38)22-26-45(51)53(46)40-15-5-3-11-34(40)35-12-4-6-16-41(35)53;1-3-2;1-2/h2-29,55,62H,1H2;3H2,1-2H3;1-2H3. The predicted molar refractivity (Wildman–Crippen MR) is 276 cm³/mol. The highest BCUT2D eigenvalue weighted by Gasteiger charge is 2.53. The van der Waals surface area contributed by atoms with Crippen LogP contribution in [-0.4, -0.2) is 5.11 Å². The molecule has 3 aliphatic heterocycles. The molecule has 9 heteroatoms. The lowest BCUT2D eigenvalue weighted by Gasteiger charge is -2.40. The Bertz CT molecular complexity index is 3450. The first-order valence-corrected chi connectivity index (χ1v) is 23.9. The topological polar surface area (TPSA) is 75.6 Å². The molecule has 1 aliphatic carbocycles. The Balaban J connectivity index is 0.000000978. The molecule has 7 nitrogen and oxygen atoms in total. The second kappa shape index (κ2) is 17.0. The zero-order valence-corrected chi connectivity index (χ0v) is 39.5. The fraction of sp³-hybridized carbons (Fsp3) is 0.119. The molecule has 1 N–H and O–H groups in total. The molecule has 68 heavy (non-hydrogen) atoms. The lowest BCUT2D eigenvalue weighted by atomic mass is 9.65. The predicted octanol–water partition coefficient (Wildman–Crippen LogP) is 16.3. The Morgan fingerprint density at radius 3 is 1.69 bits per heavy atom. The van der Waals surface area contributed by atoms with Crippen molar-refractivity contribution in [3.05, 3.63) is 221 Å². The van der Waals surface area contributed by atoms with Crippen LogP contribution in [-0.2, 0) is 15.8 Å². The van der Waals surface area contributed by atoms with E-state index in [0.717, 1.165) is 78.7 Å². The van der Waals surface area contributed by atoms with Crippen LogP contribution < -0.4 is 22.0 Å². The minimum absolute atomic E-state index is 0.0819. The van der Waals surface area contributed by atoms with Gasteiger partial charge < -0.3 is 31.9 Å². The summed E-state index contributed by atoms with van der Waals surface area (Å²) in [6, 6.07) is 56.6. The summed E-state index contributed by atoms with van der Waals surface area (Å²) in [4.78, 5) is 0. The average Bonchev–Trinajstić information content (AvgIpc) is 3.84. The van der Waals surface area contributed by atoms with Gasteiger partial charge in [0.2, 0.25) is 0 Å². The van der Waals surface area contributed by atoms with Gasteiger partial charge in [0.1, 0.15) is 51.8 Å². The third-order valence-electron chi connectivity index (χ3n) is 13.0. The molecule has 13 rings (SSSR count). The van der Waals surface area contributed by atoms with E-state index in [1.165, 1.54) is 28.7 Å². The smallest absolute Gasteiger partial charge is 0.293 e. The van der Waals surface area contributed by atoms with Crippen LogP contribution in [0, 0.1) is 0 Å². The molecule has 0 bridgehead atoms. The van der Waals surface area contributed by atoms with E-state index in [1.807, 2.05) is 86.6 Å². The van der Waals surface area contributed by atoms with Gasteiger partial charge >= 0.3 is 0 Å². The van der Waals surface area contributed by atoms with Crippen molar-refractivity contribution in [3.63, 3.8) is 0 Å². The Kier molecular flexibility index (Phi) is 10.8. The van der Waals surface area contributed by atoms with Crippen molar-refractivity contribution in [1.29, 1.82) is 0 Å². The molecule has 0 fully saturated rings. The summed E-state index contributed by atoms with van der Waals surface area (Å²) in [6.45, 7) is 12.5. The molecule has 2 spiro atoms. The van der Waals surface area contributed by atoms with Crippen LogP contribution in [0.3, 0.4) is 0 Å². The third-order valence-corrected chi connectivity index (χ3v) is 13.7. The summed E-state index contributed by atoms with van der Waals surface area (Å²) < 4.78 is 38.4. The van der Waals surface area contributed by atoms with Gasteiger partial charge in [0, 0.05) is 80.0 Å². The van der Waals surface area contributed by atoms with E-state index in [9.17, 15) is 5.11 Å². The number of ether oxygens (including phenoxy) is 3. The SMILES string of the molecule is C=C1OC2(c3ccc(O)cc3Oc3cc(OSOc4cccc5c6c(ccc45)C4(c5ccccc5-c5ccccc54)c4ccc5c(OS)cccc5c4O6)ccc32)c2ccccc21.CC.CCC. The third kappa shape index (κ3) is 6.22. The fourth-order valence-corrected chi connectivity index (χ4v) is 11.1. The maximum atomic E-state index is 10.5. The lowest BCUT2D eigenvalue weighted by molar-refractivity contribution is 0.125. The van der Waals surface area contributed by atoms with Crippen LogP contribution in [0.1, 0.15) is 78.6 Å². The molecule has 1 atom stereocenters. The molecule has 0 aromatic heterocycles. The number of aromatic hydroxyl groups is 1. The number of benzene rings is 9. The van der Waals surface area contributed by atoms with Crippen LogP contribution in [0.2, 0.25) is 0 Å². The molecular formula is C59H46O7S2. The lowest BCUT2D eigenvalue weighted by Crippen LogP contribution is -2.32. The summed E-state index contributed by atoms with van der Waals surface area (Å²) >= 11 is 5.05. The van der Waals surface area contributed by atoms with Gasteiger partial charge in [-0.15, -0.1) is 0 Å². The van der Waals surface area contributed by atoms with Crippen molar-refractivity contribution in [2.45, 2.75) is 45.1 Å². The molecular weight excluding hydrogens is 885 g/mol. The first kappa shape index (κ1) is 43.1. The van der Waals surface area contributed by atoms with E-state index in [1.54, 1.807) is 12.1 Å². The van der Waals surface area contributed by atoms with Gasteiger partial charge in [-0.25, -0.2) is 0 Å². The van der Waals surface area contributed by atoms with Gasteiger partial charge in [0.25, 0.3) is 12.3 Å². The summed E-state index contributed by atoms with van der Waals surface area (Å²) in [7, 11) is 0. The quantitative estimate of drug-likeness (QED) is 0.131. The van der Waals surface area contributed by atoms with Crippen molar-refractivity contribution in [2.24, 2.45) is 0 Å². The largest absolute Gasteiger partial charge is 0.508 e. The van der Waals surface area contributed by atoms with Gasteiger partial charge in [-0.05, 0) is 70.8 Å². The first-order valence-electron chi connectivity index (χ1n) is 22.9. The highest BCUT2D eigenvalue weighted by molar-refractivity contribution is 7.90. The van der Waals surface area contributed by atoms with Crippen LogP contribution in [0.25, 0.3) is 38.4 Å². The summed E-state index contributed by atoms with van der Waals surface area (Å²) in [6.07, 6.45) is 1.25. The first-order chi connectivity index (χ1) is 33.4. The van der Waals surface area contributed by atoms with Crippen molar-refractivity contribution < 1.29 is 31.9 Å². The van der Waals surface area contributed by atoms with Crippen molar-refractivity contribution >= 4 is 52.5 Å². The number of fused-ring (bicyclic) bond motifs is 19. The van der Waals surface area contributed by atoms with E-state index in [2.05, 4.69) is 118 Å². The van der Waals surface area contributed by atoms with Crippen LogP contribution in [0.4, 0.5) is 0 Å². The monoisotopic (exact) mass is 930 g/mol. The van der Waals surface area contributed by atoms with Gasteiger partial charge in [0.05, 0.1) is 5.41 Å². The van der Waals surface area contributed by atoms with Gasteiger partial charge in [-0.1, -0.05) is 150 Å². The van der Waals surface area contributed by atoms with E-state index in [4.69, 9.17) is 26.8 Å². The van der Waals surface area contributed by atoms with E-state index < -0.39 is 11.0 Å². The van der Waals surface area contributed by atoms with Crippen LogP contribution >= 0.6 is 25.2 Å². The molecule has 9 aromatic carbocycles. The van der Waals surface area contributed by atoms with Crippen molar-refractivity contribution in [2.75, 3.05) is 0 Å². The minimum atomic E-state index is -1.02. The van der Waals surface area contributed by atoms with Gasteiger partial charge in [0.15, 0.2) is 5.60 Å². The fourth-order valence-electron chi connectivity index (χ4n) is 10.5. The Morgan fingerprint density at radius 2 is 1.06 bits per heavy atom. The number of hydrogen-bond acceptors (Lipinski definition) is 9. The van der Waals surface area contributed by atoms with Crippen molar-refractivity contribution in [1.82, 2.24) is 0 Å². The second-order valence-corrected chi connectivity index (χ2v) is 17.4. The van der Waals surface area contributed by atoms with E-state index in [-0.39, 0.29) is 5.75 Å². The Labute approximate surface area is 405 Å². The van der Waals surface area contributed by atoms with E-state index in [0.29, 0.717) is 34.5 Å². The van der Waals surface area contributed by atoms with Crippen LogP contribution in [0.5, 0.6) is 46.0 Å². The number of hydrogen-bond donors (Lipinski definition) is 2. The molecule has 0 amide bonds. The molecule has 0 saturated heterocycles. The maximum Gasteiger partial charge on any atom is 0.293 e. The molecule has 336 valence electrons.